The monoisotopic (exact) mass is 458 g/mol. The molecule has 1 aliphatic rings. The predicted molar refractivity (Wildman–Crippen MR) is 127 cm³/mol. The molecule has 1 amide bonds. The van der Waals surface area contributed by atoms with Gasteiger partial charge in [-0.2, -0.15) is 0 Å². The second kappa shape index (κ2) is 10.5. The molecule has 1 aliphatic heterocycles. The van der Waals surface area contributed by atoms with E-state index in [0.29, 0.717) is 25.9 Å². The summed E-state index contributed by atoms with van der Waals surface area (Å²) in [5.74, 6) is 0.662. The first-order valence-electron chi connectivity index (χ1n) is 11.2. The van der Waals surface area contributed by atoms with Gasteiger partial charge in [-0.05, 0) is 61.4 Å². The molecule has 0 spiro atoms. The van der Waals surface area contributed by atoms with Crippen LogP contribution in [0.5, 0.6) is 5.75 Å². The zero-order chi connectivity index (χ0) is 23.3. The normalized spacial score (nSPS) is 16.5. The molecular weight excluding hydrogens is 424 g/mol. The van der Waals surface area contributed by atoms with Gasteiger partial charge in [0.2, 0.25) is 15.9 Å². The standard InChI is InChI=1S/C25H34N2O4S/c1-5-23(21-10-11-24(31-4)19(3)16-21)26-25(28)20-12-14-27(15-13-20)32(29,30)17-22-9-7-6-8-18(22)2/h6-11,16,20,23H,5,12-15,17H2,1-4H3,(H,26,28). The highest BCUT2D eigenvalue weighted by Crippen LogP contribution is 2.27. The summed E-state index contributed by atoms with van der Waals surface area (Å²) >= 11 is 0. The second-order valence-electron chi connectivity index (χ2n) is 8.55. The summed E-state index contributed by atoms with van der Waals surface area (Å²) in [5, 5.41) is 3.17. The number of amides is 1. The van der Waals surface area contributed by atoms with Gasteiger partial charge >= 0.3 is 0 Å². The summed E-state index contributed by atoms with van der Waals surface area (Å²) < 4.78 is 32.6. The van der Waals surface area contributed by atoms with E-state index in [4.69, 9.17) is 4.74 Å². The third-order valence-electron chi connectivity index (χ3n) is 6.36. The molecule has 1 heterocycles. The molecule has 0 bridgehead atoms. The fourth-order valence-electron chi connectivity index (χ4n) is 4.29. The van der Waals surface area contributed by atoms with Crippen LogP contribution in [0.2, 0.25) is 0 Å². The largest absolute Gasteiger partial charge is 0.496 e. The number of hydrogen-bond donors (Lipinski definition) is 1. The first-order chi connectivity index (χ1) is 15.2. The highest BCUT2D eigenvalue weighted by molar-refractivity contribution is 7.88. The zero-order valence-corrected chi connectivity index (χ0v) is 20.2. The number of rotatable bonds is 8. The van der Waals surface area contributed by atoms with E-state index in [2.05, 4.69) is 5.32 Å². The molecule has 0 radical (unpaired) electrons. The molecule has 32 heavy (non-hydrogen) atoms. The maximum Gasteiger partial charge on any atom is 0.223 e. The van der Waals surface area contributed by atoms with Crippen molar-refractivity contribution < 1.29 is 17.9 Å². The van der Waals surface area contributed by atoms with E-state index < -0.39 is 10.0 Å². The van der Waals surface area contributed by atoms with Crippen LogP contribution in [0.1, 0.15) is 54.5 Å². The molecule has 0 aromatic heterocycles. The van der Waals surface area contributed by atoms with Crippen molar-refractivity contribution in [2.75, 3.05) is 20.2 Å². The lowest BCUT2D eigenvalue weighted by molar-refractivity contribution is -0.126. The van der Waals surface area contributed by atoms with E-state index in [1.54, 1.807) is 7.11 Å². The molecule has 3 rings (SSSR count). The molecule has 2 aromatic carbocycles. The average molecular weight is 459 g/mol. The minimum atomic E-state index is -3.40. The Balaban J connectivity index is 1.58. The van der Waals surface area contributed by atoms with E-state index in [1.165, 1.54) is 4.31 Å². The highest BCUT2D eigenvalue weighted by Gasteiger charge is 2.32. The van der Waals surface area contributed by atoms with Gasteiger partial charge in [0.25, 0.3) is 0 Å². The molecule has 1 atom stereocenters. The second-order valence-corrected chi connectivity index (χ2v) is 10.5. The van der Waals surface area contributed by atoms with Gasteiger partial charge in [0.05, 0.1) is 18.9 Å². The third kappa shape index (κ3) is 5.70. The lowest BCUT2D eigenvalue weighted by atomic mass is 9.95. The van der Waals surface area contributed by atoms with E-state index in [1.807, 2.05) is 63.2 Å². The molecule has 1 unspecified atom stereocenters. The smallest absolute Gasteiger partial charge is 0.223 e. The molecule has 2 aromatic rings. The Morgan fingerprint density at radius 1 is 1.12 bits per heavy atom. The van der Waals surface area contributed by atoms with Gasteiger partial charge in [0.15, 0.2) is 0 Å². The molecule has 1 N–H and O–H groups in total. The first kappa shape index (κ1) is 24.3. The summed E-state index contributed by atoms with van der Waals surface area (Å²) in [7, 11) is -1.75. The lowest BCUT2D eigenvalue weighted by Crippen LogP contribution is -2.44. The van der Waals surface area contributed by atoms with Crippen LogP contribution in [-0.2, 0) is 20.6 Å². The minimum absolute atomic E-state index is 0.00118. The van der Waals surface area contributed by atoms with Crippen LogP contribution in [0.15, 0.2) is 42.5 Å². The number of piperidine rings is 1. The van der Waals surface area contributed by atoms with Crippen molar-refractivity contribution in [3.8, 4) is 5.75 Å². The number of nitrogens with one attached hydrogen (secondary N) is 1. The lowest BCUT2D eigenvalue weighted by Gasteiger charge is -2.31. The van der Waals surface area contributed by atoms with E-state index in [-0.39, 0.29) is 23.6 Å². The van der Waals surface area contributed by atoms with Crippen molar-refractivity contribution in [3.05, 3.63) is 64.7 Å². The van der Waals surface area contributed by atoms with Crippen LogP contribution in [0, 0.1) is 19.8 Å². The van der Waals surface area contributed by atoms with Crippen molar-refractivity contribution in [2.45, 2.75) is 51.8 Å². The van der Waals surface area contributed by atoms with E-state index in [9.17, 15) is 13.2 Å². The number of methoxy groups -OCH3 is 1. The van der Waals surface area contributed by atoms with Gasteiger partial charge in [-0.25, -0.2) is 12.7 Å². The molecular formula is C25H34N2O4S. The van der Waals surface area contributed by atoms with E-state index in [0.717, 1.165) is 34.4 Å². The molecule has 0 aliphatic carbocycles. The van der Waals surface area contributed by atoms with Gasteiger partial charge in [0, 0.05) is 19.0 Å². The van der Waals surface area contributed by atoms with Crippen LogP contribution in [0.25, 0.3) is 0 Å². The number of nitrogens with zero attached hydrogens (tertiary/aromatic N) is 1. The fraction of sp³-hybridized carbons (Fsp3) is 0.480. The minimum Gasteiger partial charge on any atom is -0.496 e. The van der Waals surface area contributed by atoms with Crippen LogP contribution >= 0.6 is 0 Å². The zero-order valence-electron chi connectivity index (χ0n) is 19.4. The topological polar surface area (TPSA) is 75.7 Å². The van der Waals surface area contributed by atoms with Crippen molar-refractivity contribution in [1.82, 2.24) is 9.62 Å². The number of sulfonamides is 1. The molecule has 0 saturated carbocycles. The van der Waals surface area contributed by atoms with Gasteiger partial charge < -0.3 is 10.1 Å². The summed E-state index contributed by atoms with van der Waals surface area (Å²) in [6.45, 7) is 6.72. The molecule has 1 saturated heterocycles. The Hall–Kier alpha value is -2.38. The molecule has 6 nitrogen and oxygen atoms in total. The Morgan fingerprint density at radius 3 is 2.41 bits per heavy atom. The summed E-state index contributed by atoms with van der Waals surface area (Å²) in [5.41, 5.74) is 3.89. The van der Waals surface area contributed by atoms with Crippen LogP contribution in [0.3, 0.4) is 0 Å². The molecule has 174 valence electrons. The maximum atomic E-state index is 12.9. The Kier molecular flexibility index (Phi) is 7.96. The van der Waals surface area contributed by atoms with Crippen molar-refractivity contribution in [2.24, 2.45) is 5.92 Å². The third-order valence-corrected chi connectivity index (χ3v) is 8.19. The van der Waals surface area contributed by atoms with Gasteiger partial charge in [-0.15, -0.1) is 0 Å². The molecule has 1 fully saturated rings. The SMILES string of the molecule is CCC(NC(=O)C1CCN(S(=O)(=O)Cc2ccccc2C)CC1)c1ccc(OC)c(C)c1. The van der Waals surface area contributed by atoms with Gasteiger partial charge in [-0.3, -0.25) is 4.79 Å². The van der Waals surface area contributed by atoms with Gasteiger partial charge in [0.1, 0.15) is 5.75 Å². The van der Waals surface area contributed by atoms with Crippen molar-refractivity contribution in [1.29, 1.82) is 0 Å². The van der Waals surface area contributed by atoms with Crippen molar-refractivity contribution in [3.63, 3.8) is 0 Å². The number of benzene rings is 2. The first-order valence-corrected chi connectivity index (χ1v) is 12.8. The van der Waals surface area contributed by atoms with Crippen molar-refractivity contribution >= 4 is 15.9 Å². The summed E-state index contributed by atoms with van der Waals surface area (Å²) in [4.78, 5) is 12.9. The Labute approximate surface area is 192 Å². The summed E-state index contributed by atoms with van der Waals surface area (Å²) in [6, 6.07) is 13.4. The molecule has 7 heteroatoms. The van der Waals surface area contributed by atoms with Gasteiger partial charge in [-0.1, -0.05) is 43.3 Å². The Bertz CT molecular complexity index is 1040. The van der Waals surface area contributed by atoms with E-state index >= 15 is 0 Å². The number of carbonyl (C=O) groups is 1. The quantitative estimate of drug-likeness (QED) is 0.646. The van der Waals surface area contributed by atoms with Crippen LogP contribution < -0.4 is 10.1 Å². The average Bonchev–Trinajstić information content (AvgIpc) is 2.78. The maximum absolute atomic E-state index is 12.9. The number of hydrogen-bond acceptors (Lipinski definition) is 4. The fourth-order valence-corrected chi connectivity index (χ4v) is 5.95. The number of carbonyl (C=O) groups excluding carboxylic acids is 1. The number of aryl methyl sites for hydroxylation is 2. The number of ether oxygens (including phenoxy) is 1. The van der Waals surface area contributed by atoms with Crippen LogP contribution in [0.4, 0.5) is 0 Å². The highest BCUT2D eigenvalue weighted by atomic mass is 32.2. The Morgan fingerprint density at radius 2 is 1.81 bits per heavy atom. The van der Waals surface area contributed by atoms with Crippen LogP contribution in [-0.4, -0.2) is 38.8 Å². The summed E-state index contributed by atoms with van der Waals surface area (Å²) in [6.07, 6.45) is 1.86. The predicted octanol–water partition coefficient (Wildman–Crippen LogP) is 4.12.